The van der Waals surface area contributed by atoms with Crippen LogP contribution in [-0.4, -0.2) is 21.1 Å². The summed E-state index contributed by atoms with van der Waals surface area (Å²) in [4.78, 5) is 20.2. The van der Waals surface area contributed by atoms with Crippen LogP contribution in [-0.2, 0) is 4.79 Å². The van der Waals surface area contributed by atoms with E-state index < -0.39 is 11.2 Å². The second-order valence-electron chi connectivity index (χ2n) is 5.45. The van der Waals surface area contributed by atoms with Gasteiger partial charge in [-0.2, -0.15) is 5.26 Å². The number of anilines is 1. The minimum Gasteiger partial charge on any atom is -0.383 e. The predicted molar refractivity (Wildman–Crippen MR) is 104 cm³/mol. The molecule has 0 radical (unpaired) electrons. The minimum absolute atomic E-state index is 0.261. The topological polar surface area (TPSA) is 119 Å². The predicted octanol–water partition coefficient (Wildman–Crippen LogP) is 3.29. The molecule has 0 aliphatic carbocycles. The van der Waals surface area contributed by atoms with Crippen molar-refractivity contribution in [1.82, 2.24) is 9.97 Å². The number of carbonyl (C=O) groups excluding carboxylic acids is 1. The number of primary amides is 1. The van der Waals surface area contributed by atoms with Crippen LogP contribution in [0.15, 0.2) is 46.8 Å². The summed E-state index contributed by atoms with van der Waals surface area (Å²) in [6.45, 7) is 1.66. The lowest BCUT2D eigenvalue weighted by Crippen LogP contribution is -2.22. The van der Waals surface area contributed by atoms with E-state index in [1.165, 1.54) is 11.3 Å². The number of nitriles is 1. The van der Waals surface area contributed by atoms with Crippen molar-refractivity contribution in [3.05, 3.63) is 47.3 Å². The molecule has 3 rings (SSSR count). The van der Waals surface area contributed by atoms with Crippen molar-refractivity contribution in [3.63, 3.8) is 0 Å². The molecule has 2 aromatic heterocycles. The van der Waals surface area contributed by atoms with Gasteiger partial charge in [0.1, 0.15) is 21.9 Å². The maximum absolute atomic E-state index is 11.3. The number of nitrogens with two attached hydrogens (primary N) is 2. The average molecular weight is 381 g/mol. The summed E-state index contributed by atoms with van der Waals surface area (Å²) in [6, 6.07) is 13.6. The van der Waals surface area contributed by atoms with Gasteiger partial charge in [-0.1, -0.05) is 42.1 Å². The Balaban J connectivity index is 1.98. The Morgan fingerprint density at radius 1 is 1.31 bits per heavy atom. The van der Waals surface area contributed by atoms with Crippen LogP contribution in [0.1, 0.15) is 12.5 Å². The van der Waals surface area contributed by atoms with E-state index in [2.05, 4.69) is 16.0 Å². The first-order valence-corrected chi connectivity index (χ1v) is 9.43. The molecule has 1 atom stereocenters. The Kier molecular flexibility index (Phi) is 5.21. The summed E-state index contributed by atoms with van der Waals surface area (Å²) in [5.41, 5.74) is 14.2. The fourth-order valence-corrected chi connectivity index (χ4v) is 3.90. The van der Waals surface area contributed by atoms with Gasteiger partial charge < -0.3 is 11.5 Å². The van der Waals surface area contributed by atoms with Crippen molar-refractivity contribution in [2.45, 2.75) is 17.2 Å². The number of thioether (sulfide) groups is 1. The molecule has 0 bridgehead atoms. The highest BCUT2D eigenvalue weighted by atomic mass is 32.2. The third-order valence-corrected chi connectivity index (χ3v) is 5.63. The van der Waals surface area contributed by atoms with Gasteiger partial charge in [-0.05, 0) is 13.0 Å². The van der Waals surface area contributed by atoms with E-state index in [1.807, 2.05) is 35.7 Å². The maximum atomic E-state index is 11.3. The van der Waals surface area contributed by atoms with Gasteiger partial charge in [0, 0.05) is 10.9 Å². The third-order valence-electron chi connectivity index (χ3n) is 3.63. The van der Waals surface area contributed by atoms with Crippen LogP contribution >= 0.6 is 23.1 Å². The molecule has 1 aromatic carbocycles. The van der Waals surface area contributed by atoms with Crippen molar-refractivity contribution in [3.8, 4) is 27.9 Å². The molecule has 0 spiro atoms. The van der Waals surface area contributed by atoms with Gasteiger partial charge in [0.2, 0.25) is 5.91 Å². The van der Waals surface area contributed by atoms with Crippen molar-refractivity contribution in [2.75, 3.05) is 5.73 Å². The fraction of sp³-hybridized carbons (Fsp3) is 0.111. The molecule has 0 fully saturated rings. The number of aromatic nitrogens is 2. The Labute approximate surface area is 158 Å². The molecule has 3 aromatic rings. The number of nitrogens with zero attached hydrogens (tertiary/aromatic N) is 3. The molecule has 0 saturated carbocycles. The SMILES string of the molecule is C[C@@H](Sc1nc(N)c(-c2nc(-c3ccccc3)cs2)cc1C#N)C(N)=O. The Morgan fingerprint density at radius 2 is 2.04 bits per heavy atom. The highest BCUT2D eigenvalue weighted by Crippen LogP contribution is 2.35. The number of pyridine rings is 1. The number of hydrogen-bond acceptors (Lipinski definition) is 7. The van der Waals surface area contributed by atoms with Crippen LogP contribution < -0.4 is 11.5 Å². The largest absolute Gasteiger partial charge is 0.383 e. The number of hydrogen-bond donors (Lipinski definition) is 2. The number of rotatable bonds is 5. The number of nitrogen functional groups attached to an aromatic ring is 1. The maximum Gasteiger partial charge on any atom is 0.230 e. The molecule has 2 heterocycles. The summed E-state index contributed by atoms with van der Waals surface area (Å²) >= 11 is 2.55. The summed E-state index contributed by atoms with van der Waals surface area (Å²) in [5.74, 6) is -0.215. The minimum atomic E-state index is -0.510. The third kappa shape index (κ3) is 3.69. The number of amides is 1. The van der Waals surface area contributed by atoms with Gasteiger partial charge in [0.05, 0.1) is 22.1 Å². The van der Waals surface area contributed by atoms with E-state index in [0.717, 1.165) is 23.0 Å². The number of carbonyl (C=O) groups is 1. The van der Waals surface area contributed by atoms with Gasteiger partial charge in [-0.15, -0.1) is 11.3 Å². The van der Waals surface area contributed by atoms with Crippen LogP contribution in [0.2, 0.25) is 0 Å². The lowest BCUT2D eigenvalue weighted by Gasteiger charge is -2.10. The second kappa shape index (κ2) is 7.56. The zero-order valence-electron chi connectivity index (χ0n) is 13.8. The van der Waals surface area contributed by atoms with E-state index in [1.54, 1.807) is 13.0 Å². The van der Waals surface area contributed by atoms with Crippen molar-refractivity contribution in [2.24, 2.45) is 5.73 Å². The molecule has 130 valence electrons. The Hall–Kier alpha value is -2.89. The first kappa shape index (κ1) is 17.9. The summed E-state index contributed by atoms with van der Waals surface area (Å²) in [6.07, 6.45) is 0. The number of benzene rings is 1. The summed E-state index contributed by atoms with van der Waals surface area (Å²) in [7, 11) is 0. The molecule has 26 heavy (non-hydrogen) atoms. The molecular formula is C18H15N5OS2. The van der Waals surface area contributed by atoms with Gasteiger partial charge in [-0.3, -0.25) is 4.79 Å². The summed E-state index contributed by atoms with van der Waals surface area (Å²) < 4.78 is 0. The molecule has 0 aliphatic rings. The van der Waals surface area contributed by atoms with Crippen molar-refractivity contribution in [1.29, 1.82) is 5.26 Å². The van der Waals surface area contributed by atoms with Crippen LogP contribution in [0.5, 0.6) is 0 Å². The lowest BCUT2D eigenvalue weighted by molar-refractivity contribution is -0.117. The van der Waals surface area contributed by atoms with Gasteiger partial charge in [0.25, 0.3) is 0 Å². The highest BCUT2D eigenvalue weighted by Gasteiger charge is 2.19. The fourth-order valence-electron chi connectivity index (χ4n) is 2.22. The smallest absolute Gasteiger partial charge is 0.230 e. The highest BCUT2D eigenvalue weighted by molar-refractivity contribution is 8.00. The molecular weight excluding hydrogens is 366 g/mol. The van der Waals surface area contributed by atoms with Gasteiger partial charge in [0.15, 0.2) is 0 Å². The Bertz CT molecular complexity index is 995. The zero-order chi connectivity index (χ0) is 18.7. The monoisotopic (exact) mass is 381 g/mol. The van der Waals surface area contributed by atoms with E-state index in [4.69, 9.17) is 11.5 Å². The first-order chi connectivity index (χ1) is 12.5. The van der Waals surface area contributed by atoms with Crippen LogP contribution in [0.3, 0.4) is 0 Å². The zero-order valence-corrected chi connectivity index (χ0v) is 15.5. The molecule has 0 aliphatic heterocycles. The van der Waals surface area contributed by atoms with Gasteiger partial charge >= 0.3 is 0 Å². The van der Waals surface area contributed by atoms with Crippen molar-refractivity contribution >= 4 is 34.8 Å². The van der Waals surface area contributed by atoms with E-state index >= 15 is 0 Å². The van der Waals surface area contributed by atoms with E-state index in [0.29, 0.717) is 21.2 Å². The van der Waals surface area contributed by atoms with Gasteiger partial charge in [-0.25, -0.2) is 9.97 Å². The van der Waals surface area contributed by atoms with Crippen LogP contribution in [0, 0.1) is 11.3 Å². The van der Waals surface area contributed by atoms with Crippen LogP contribution in [0.25, 0.3) is 21.8 Å². The molecule has 0 saturated heterocycles. The van der Waals surface area contributed by atoms with Crippen LogP contribution in [0.4, 0.5) is 5.82 Å². The first-order valence-electron chi connectivity index (χ1n) is 7.67. The normalized spacial score (nSPS) is 11.7. The van der Waals surface area contributed by atoms with Crippen molar-refractivity contribution < 1.29 is 4.79 Å². The molecule has 8 heteroatoms. The second-order valence-corrected chi connectivity index (χ2v) is 7.64. The van der Waals surface area contributed by atoms with E-state index in [-0.39, 0.29) is 5.82 Å². The summed E-state index contributed by atoms with van der Waals surface area (Å²) in [5, 5.41) is 11.9. The molecule has 6 nitrogen and oxygen atoms in total. The standard InChI is InChI=1S/C18H15N5OS2/c1-10(16(21)24)26-17-12(8-19)7-13(15(20)23-17)18-22-14(9-25-18)11-5-3-2-4-6-11/h2-7,9-10H,1H3,(H2,20,23)(H2,21,24)/t10-/m1/s1. The molecule has 4 N–H and O–H groups in total. The number of thiazole rings is 1. The van der Waals surface area contributed by atoms with E-state index in [9.17, 15) is 10.1 Å². The quantitative estimate of drug-likeness (QED) is 0.655. The average Bonchev–Trinajstić information content (AvgIpc) is 3.12. The Morgan fingerprint density at radius 3 is 2.69 bits per heavy atom. The molecule has 1 amide bonds. The molecule has 0 unspecified atom stereocenters. The lowest BCUT2D eigenvalue weighted by atomic mass is 10.2.